The van der Waals surface area contributed by atoms with Crippen LogP contribution in [0.25, 0.3) is 0 Å². The Balaban J connectivity index is 2.04. The van der Waals surface area contributed by atoms with Crippen LogP contribution in [-0.4, -0.2) is 22.3 Å². The van der Waals surface area contributed by atoms with Crippen LogP contribution < -0.4 is 11.2 Å². The predicted octanol–water partition coefficient (Wildman–Crippen LogP) is 1.55. The Hall–Kier alpha value is -1.47. The van der Waals surface area contributed by atoms with Gasteiger partial charge in [0.05, 0.1) is 6.20 Å². The Morgan fingerprint density at radius 1 is 1.00 bits per heavy atom. The van der Waals surface area contributed by atoms with Crippen LogP contribution in [-0.2, 0) is 9.47 Å². The maximum atomic E-state index is 13.9. The summed E-state index contributed by atoms with van der Waals surface area (Å²) in [6.07, 6.45) is 4.55. The van der Waals surface area contributed by atoms with E-state index in [0.29, 0.717) is 26.1 Å². The van der Waals surface area contributed by atoms with Gasteiger partial charge < -0.3 is 9.47 Å². The van der Waals surface area contributed by atoms with E-state index in [4.69, 9.17) is 9.47 Å². The van der Waals surface area contributed by atoms with Crippen molar-refractivity contribution in [2.75, 3.05) is 13.2 Å². The quantitative estimate of drug-likeness (QED) is 0.831. The molecule has 0 saturated carbocycles. The number of ether oxygens (including phenoxy) is 2. The fourth-order valence-electron chi connectivity index (χ4n) is 2.89. The molecule has 2 aliphatic rings. The van der Waals surface area contributed by atoms with Crippen LogP contribution in [0.4, 0.5) is 4.39 Å². The van der Waals surface area contributed by atoms with Gasteiger partial charge in [0.25, 0.3) is 5.56 Å². The van der Waals surface area contributed by atoms with Crippen LogP contribution in [0.15, 0.2) is 15.8 Å². The molecule has 1 aromatic heterocycles. The number of nitrogens with zero attached hydrogens (tertiary/aromatic N) is 2. The summed E-state index contributed by atoms with van der Waals surface area (Å²) in [6.45, 7) is 1.02. The molecule has 7 heteroatoms. The van der Waals surface area contributed by atoms with Gasteiger partial charge in [-0.3, -0.25) is 9.36 Å². The van der Waals surface area contributed by atoms with E-state index in [-0.39, 0.29) is 0 Å². The van der Waals surface area contributed by atoms with Gasteiger partial charge in [-0.05, 0) is 38.5 Å². The Bertz CT molecular complexity index is 612. The van der Waals surface area contributed by atoms with Crippen LogP contribution >= 0.6 is 0 Å². The Morgan fingerprint density at radius 2 is 1.62 bits per heavy atom. The van der Waals surface area contributed by atoms with Crippen LogP contribution in [0.5, 0.6) is 0 Å². The van der Waals surface area contributed by atoms with Crippen LogP contribution in [0.1, 0.15) is 51.0 Å². The molecule has 116 valence electrons. The molecule has 2 unspecified atom stereocenters. The predicted molar refractivity (Wildman–Crippen MR) is 72.6 cm³/mol. The molecular formula is C14H19FN2O4. The number of hydrogen-bond acceptors (Lipinski definition) is 4. The third-order valence-electron chi connectivity index (χ3n) is 4.01. The highest BCUT2D eigenvalue weighted by Crippen LogP contribution is 2.22. The van der Waals surface area contributed by atoms with Gasteiger partial charge in [0.2, 0.25) is 5.82 Å². The molecule has 0 radical (unpaired) electrons. The molecule has 0 N–H and O–H groups in total. The highest BCUT2D eigenvalue weighted by molar-refractivity contribution is 4.93. The number of rotatable bonds is 2. The minimum Gasteiger partial charge on any atom is -0.358 e. The summed E-state index contributed by atoms with van der Waals surface area (Å²) in [5, 5.41) is 0. The van der Waals surface area contributed by atoms with Crippen molar-refractivity contribution in [1.29, 1.82) is 0 Å². The van der Waals surface area contributed by atoms with Gasteiger partial charge in [0, 0.05) is 13.2 Å². The average Bonchev–Trinajstić information content (AvgIpc) is 2.53. The van der Waals surface area contributed by atoms with Crippen molar-refractivity contribution in [3.8, 4) is 0 Å². The molecule has 0 aromatic carbocycles. The summed E-state index contributed by atoms with van der Waals surface area (Å²) in [7, 11) is 0. The lowest BCUT2D eigenvalue weighted by Gasteiger charge is -2.28. The molecule has 3 rings (SSSR count). The second-order valence-corrected chi connectivity index (χ2v) is 5.48. The van der Waals surface area contributed by atoms with E-state index in [2.05, 4.69) is 0 Å². The minimum atomic E-state index is -0.946. The van der Waals surface area contributed by atoms with E-state index in [9.17, 15) is 14.0 Å². The van der Waals surface area contributed by atoms with Gasteiger partial charge in [-0.15, -0.1) is 0 Å². The fourth-order valence-corrected chi connectivity index (χ4v) is 2.89. The minimum absolute atomic E-state index is 0.479. The van der Waals surface area contributed by atoms with Gasteiger partial charge in [-0.25, -0.2) is 9.36 Å². The molecule has 0 aliphatic carbocycles. The third-order valence-corrected chi connectivity index (χ3v) is 4.01. The molecule has 2 aliphatic heterocycles. The van der Waals surface area contributed by atoms with Crippen molar-refractivity contribution in [3.63, 3.8) is 0 Å². The second kappa shape index (κ2) is 6.11. The first kappa shape index (κ1) is 14.5. The lowest BCUT2D eigenvalue weighted by molar-refractivity contribution is -0.0524. The molecule has 2 atom stereocenters. The Labute approximate surface area is 121 Å². The molecular weight excluding hydrogens is 279 g/mol. The van der Waals surface area contributed by atoms with Crippen molar-refractivity contribution in [2.45, 2.75) is 51.0 Å². The zero-order chi connectivity index (χ0) is 14.8. The normalized spacial score (nSPS) is 26.7. The molecule has 21 heavy (non-hydrogen) atoms. The molecule has 2 saturated heterocycles. The van der Waals surface area contributed by atoms with E-state index in [1.54, 1.807) is 0 Å². The number of hydrogen-bond donors (Lipinski definition) is 0. The van der Waals surface area contributed by atoms with Crippen molar-refractivity contribution in [2.24, 2.45) is 0 Å². The molecule has 6 nitrogen and oxygen atoms in total. The van der Waals surface area contributed by atoms with Crippen molar-refractivity contribution in [1.82, 2.24) is 9.13 Å². The lowest BCUT2D eigenvalue weighted by Crippen LogP contribution is -2.46. The zero-order valence-electron chi connectivity index (χ0n) is 11.8. The average molecular weight is 298 g/mol. The van der Waals surface area contributed by atoms with E-state index in [1.807, 2.05) is 0 Å². The summed E-state index contributed by atoms with van der Waals surface area (Å²) in [5.41, 5.74) is -1.47. The fraction of sp³-hybridized carbons (Fsp3) is 0.714. The SMILES string of the molecule is O=c1c(F)cn(C2CCCCO2)c(=O)n1C1CCCCO1. The topological polar surface area (TPSA) is 62.5 Å². The van der Waals surface area contributed by atoms with Crippen molar-refractivity contribution >= 4 is 0 Å². The molecule has 1 aromatic rings. The third kappa shape index (κ3) is 2.80. The summed E-state index contributed by atoms with van der Waals surface area (Å²) in [5.74, 6) is -0.946. The van der Waals surface area contributed by atoms with E-state index >= 15 is 0 Å². The van der Waals surface area contributed by atoms with Gasteiger partial charge in [0.15, 0.2) is 0 Å². The molecule has 0 bridgehead atoms. The number of aromatic nitrogens is 2. The largest absolute Gasteiger partial charge is 0.358 e. The lowest BCUT2D eigenvalue weighted by atomic mass is 10.2. The first-order chi connectivity index (χ1) is 10.2. The molecule has 0 spiro atoms. The van der Waals surface area contributed by atoms with Crippen LogP contribution in [0, 0.1) is 5.82 Å². The van der Waals surface area contributed by atoms with Crippen molar-refractivity contribution in [3.05, 3.63) is 32.9 Å². The first-order valence-corrected chi connectivity index (χ1v) is 7.45. The highest BCUT2D eigenvalue weighted by atomic mass is 19.1. The Kier molecular flexibility index (Phi) is 4.21. The van der Waals surface area contributed by atoms with Crippen molar-refractivity contribution < 1.29 is 13.9 Å². The maximum Gasteiger partial charge on any atom is 0.335 e. The summed E-state index contributed by atoms with van der Waals surface area (Å²) >= 11 is 0. The van der Waals surface area contributed by atoms with Gasteiger partial charge >= 0.3 is 5.69 Å². The Morgan fingerprint density at radius 3 is 2.19 bits per heavy atom. The maximum absolute atomic E-state index is 13.9. The van der Waals surface area contributed by atoms with Gasteiger partial charge in [-0.1, -0.05) is 0 Å². The summed E-state index contributed by atoms with van der Waals surface area (Å²) in [6, 6.07) is 0. The van der Waals surface area contributed by atoms with Gasteiger partial charge in [-0.2, -0.15) is 4.39 Å². The molecule has 3 heterocycles. The second-order valence-electron chi connectivity index (χ2n) is 5.48. The molecule has 2 fully saturated rings. The van der Waals surface area contributed by atoms with Crippen LogP contribution in [0.2, 0.25) is 0 Å². The smallest absolute Gasteiger partial charge is 0.335 e. The van der Waals surface area contributed by atoms with E-state index < -0.39 is 29.5 Å². The van der Waals surface area contributed by atoms with E-state index in [0.717, 1.165) is 36.4 Å². The molecule has 0 amide bonds. The van der Waals surface area contributed by atoms with E-state index in [1.165, 1.54) is 4.57 Å². The van der Waals surface area contributed by atoms with Crippen LogP contribution in [0.3, 0.4) is 0 Å². The summed E-state index contributed by atoms with van der Waals surface area (Å²) in [4.78, 5) is 24.5. The number of halogens is 1. The van der Waals surface area contributed by atoms with Gasteiger partial charge in [0.1, 0.15) is 12.5 Å². The zero-order valence-corrected chi connectivity index (χ0v) is 11.8. The first-order valence-electron chi connectivity index (χ1n) is 7.45. The monoisotopic (exact) mass is 298 g/mol. The standard InChI is InChI=1S/C14H19FN2O4/c15-10-9-16(11-5-1-3-7-20-11)14(19)17(13(10)18)12-6-2-4-8-21-12/h9,11-12H,1-8H2. The highest BCUT2D eigenvalue weighted by Gasteiger charge is 2.25. The summed E-state index contributed by atoms with van der Waals surface area (Å²) < 4.78 is 27.0.